The summed E-state index contributed by atoms with van der Waals surface area (Å²) in [5.41, 5.74) is 14.1. The van der Waals surface area contributed by atoms with Crippen molar-refractivity contribution in [3.63, 3.8) is 0 Å². The molecule has 0 bridgehead atoms. The molecule has 3 amide bonds. The second-order valence-corrected chi connectivity index (χ2v) is 10.6. The lowest BCUT2D eigenvalue weighted by Crippen LogP contribution is -2.46. The first-order valence-electron chi connectivity index (χ1n) is 13.9. The Hall–Kier alpha value is -3.72. The second kappa shape index (κ2) is 15.3. The third kappa shape index (κ3) is 9.14. The third-order valence-electron chi connectivity index (χ3n) is 6.78. The molecule has 0 aromatic heterocycles. The fourth-order valence-electron chi connectivity index (χ4n) is 4.65. The van der Waals surface area contributed by atoms with Crippen LogP contribution in [0.1, 0.15) is 68.9 Å². The molecule has 3 rings (SSSR count). The van der Waals surface area contributed by atoms with Gasteiger partial charge in [-0.05, 0) is 60.7 Å². The van der Waals surface area contributed by atoms with Gasteiger partial charge in [0, 0.05) is 53.9 Å². The van der Waals surface area contributed by atoms with E-state index >= 15 is 0 Å². The van der Waals surface area contributed by atoms with Crippen LogP contribution in [0.2, 0.25) is 5.02 Å². The van der Waals surface area contributed by atoms with E-state index in [9.17, 15) is 19.5 Å². The van der Waals surface area contributed by atoms with Gasteiger partial charge in [0.25, 0.3) is 11.8 Å². The molecule has 0 aliphatic carbocycles. The fraction of sp³-hybridized carbons (Fsp3) is 0.344. The van der Waals surface area contributed by atoms with Crippen molar-refractivity contribution >= 4 is 29.3 Å². The Kier molecular flexibility index (Phi) is 11.9. The van der Waals surface area contributed by atoms with E-state index in [4.69, 9.17) is 23.1 Å². The molecule has 0 aliphatic heterocycles. The van der Waals surface area contributed by atoms with E-state index < -0.39 is 24.0 Å². The lowest BCUT2D eigenvalue weighted by molar-refractivity contribution is 0.0554. The summed E-state index contributed by atoms with van der Waals surface area (Å²) in [6, 6.07) is 20.2. The molecule has 0 spiro atoms. The highest BCUT2D eigenvalue weighted by Gasteiger charge is 2.26. The molecule has 218 valence electrons. The van der Waals surface area contributed by atoms with Crippen LogP contribution in [-0.4, -0.2) is 64.4 Å². The first kappa shape index (κ1) is 31.8. The van der Waals surface area contributed by atoms with Crippen molar-refractivity contribution in [3.8, 4) is 0 Å². The molecule has 0 saturated heterocycles. The average molecular weight is 579 g/mol. The maximum Gasteiger partial charge on any atom is 0.254 e. The summed E-state index contributed by atoms with van der Waals surface area (Å²) >= 11 is 5.98. The predicted octanol–water partition coefficient (Wildman–Crippen LogP) is 4.27. The molecule has 0 saturated carbocycles. The zero-order chi connectivity index (χ0) is 29.9. The standard InChI is InChI=1S/C32H39ClN4O4/c1-3-14-36(15-4-2)31(40)25-17-24(30(35)39)18-26(19-25)32(41)37(20-23-8-6-5-7-9-23)21-29(38)28(34)16-22-10-12-27(33)13-11-22/h5-13,17-19,28-29,38H,3-4,14-16,20-21,34H2,1-2H3,(H2,35,39)/t28-,29+/m0/s1. The number of rotatable bonds is 14. The molecule has 0 radical (unpaired) electrons. The highest BCUT2D eigenvalue weighted by atomic mass is 35.5. The lowest BCUT2D eigenvalue weighted by atomic mass is 10.00. The van der Waals surface area contributed by atoms with Gasteiger partial charge in [-0.25, -0.2) is 0 Å². The zero-order valence-electron chi connectivity index (χ0n) is 23.6. The van der Waals surface area contributed by atoms with E-state index in [1.807, 2.05) is 56.3 Å². The molecule has 3 aromatic carbocycles. The van der Waals surface area contributed by atoms with Crippen LogP contribution < -0.4 is 11.5 Å². The van der Waals surface area contributed by atoms with Gasteiger partial charge in [-0.3, -0.25) is 14.4 Å². The summed E-state index contributed by atoms with van der Waals surface area (Å²) in [5.74, 6) is -1.47. The molecule has 3 aromatic rings. The highest BCUT2D eigenvalue weighted by Crippen LogP contribution is 2.19. The second-order valence-electron chi connectivity index (χ2n) is 10.2. The van der Waals surface area contributed by atoms with Crippen LogP contribution in [-0.2, 0) is 13.0 Å². The number of halogens is 1. The summed E-state index contributed by atoms with van der Waals surface area (Å²) < 4.78 is 0. The SMILES string of the molecule is CCCN(CCC)C(=O)c1cc(C(N)=O)cc(C(=O)N(Cc2ccccc2)C[C@@H](O)[C@@H](N)Cc2ccc(Cl)cc2)c1. The van der Waals surface area contributed by atoms with E-state index in [1.165, 1.54) is 23.1 Å². The van der Waals surface area contributed by atoms with Crippen molar-refractivity contribution in [3.05, 3.63) is 106 Å². The van der Waals surface area contributed by atoms with E-state index in [0.717, 1.165) is 24.0 Å². The number of nitrogens with two attached hydrogens (primary N) is 2. The number of amides is 3. The summed E-state index contributed by atoms with van der Waals surface area (Å²) in [6.07, 6.45) is 0.869. The van der Waals surface area contributed by atoms with Crippen molar-refractivity contribution in [1.29, 1.82) is 0 Å². The summed E-state index contributed by atoms with van der Waals surface area (Å²) in [5, 5.41) is 11.7. The maximum atomic E-state index is 14.0. The minimum Gasteiger partial charge on any atom is -0.390 e. The minimum absolute atomic E-state index is 0.0618. The van der Waals surface area contributed by atoms with Crippen molar-refractivity contribution in [2.45, 2.75) is 51.8 Å². The van der Waals surface area contributed by atoms with Crippen molar-refractivity contribution < 1.29 is 19.5 Å². The molecule has 2 atom stereocenters. The summed E-state index contributed by atoms with van der Waals surface area (Å²) in [4.78, 5) is 42.7. The predicted molar refractivity (Wildman–Crippen MR) is 162 cm³/mol. The third-order valence-corrected chi connectivity index (χ3v) is 7.03. The van der Waals surface area contributed by atoms with E-state index in [1.54, 1.807) is 17.0 Å². The van der Waals surface area contributed by atoms with Gasteiger partial charge in [-0.1, -0.05) is 67.9 Å². The van der Waals surface area contributed by atoms with Crippen LogP contribution >= 0.6 is 11.6 Å². The number of carbonyl (C=O) groups excluding carboxylic acids is 3. The number of benzene rings is 3. The van der Waals surface area contributed by atoms with E-state index in [0.29, 0.717) is 24.5 Å². The van der Waals surface area contributed by atoms with Crippen molar-refractivity contribution in [2.24, 2.45) is 11.5 Å². The van der Waals surface area contributed by atoms with Crippen LogP contribution in [0.25, 0.3) is 0 Å². The largest absolute Gasteiger partial charge is 0.390 e. The molecule has 9 heteroatoms. The topological polar surface area (TPSA) is 130 Å². The van der Waals surface area contributed by atoms with Crippen LogP contribution in [0.4, 0.5) is 0 Å². The molecule has 41 heavy (non-hydrogen) atoms. The lowest BCUT2D eigenvalue weighted by Gasteiger charge is -2.29. The van der Waals surface area contributed by atoms with Gasteiger partial charge in [0.05, 0.1) is 6.10 Å². The molecule has 0 unspecified atom stereocenters. The first-order chi connectivity index (χ1) is 19.6. The Morgan fingerprint density at radius 1 is 0.805 bits per heavy atom. The Bertz CT molecular complexity index is 1310. The Balaban J connectivity index is 1.93. The molecule has 8 nitrogen and oxygen atoms in total. The fourth-order valence-corrected chi connectivity index (χ4v) is 4.78. The minimum atomic E-state index is -1.05. The number of aliphatic hydroxyl groups is 1. The van der Waals surface area contributed by atoms with E-state index in [2.05, 4.69) is 0 Å². The molecular formula is C32H39ClN4O4. The Morgan fingerprint density at radius 3 is 1.88 bits per heavy atom. The normalized spacial score (nSPS) is 12.4. The maximum absolute atomic E-state index is 14.0. The monoisotopic (exact) mass is 578 g/mol. The smallest absolute Gasteiger partial charge is 0.254 e. The Morgan fingerprint density at radius 2 is 1.34 bits per heavy atom. The van der Waals surface area contributed by atoms with Crippen LogP contribution in [0.5, 0.6) is 0 Å². The highest BCUT2D eigenvalue weighted by molar-refractivity contribution is 6.30. The number of hydrogen-bond donors (Lipinski definition) is 3. The van der Waals surface area contributed by atoms with Gasteiger partial charge in [0.1, 0.15) is 0 Å². The summed E-state index contributed by atoms with van der Waals surface area (Å²) in [7, 11) is 0. The average Bonchev–Trinajstić information content (AvgIpc) is 2.97. The molecule has 5 N–H and O–H groups in total. The van der Waals surface area contributed by atoms with E-state index in [-0.39, 0.29) is 35.7 Å². The van der Waals surface area contributed by atoms with Crippen molar-refractivity contribution in [2.75, 3.05) is 19.6 Å². The molecule has 0 heterocycles. The van der Waals surface area contributed by atoms with Gasteiger partial charge in [-0.15, -0.1) is 0 Å². The quantitative estimate of drug-likeness (QED) is 0.263. The van der Waals surface area contributed by atoms with Gasteiger partial charge < -0.3 is 26.4 Å². The van der Waals surface area contributed by atoms with Gasteiger partial charge in [-0.2, -0.15) is 0 Å². The van der Waals surface area contributed by atoms with Crippen LogP contribution in [0, 0.1) is 0 Å². The first-order valence-corrected chi connectivity index (χ1v) is 14.3. The number of primary amides is 1. The van der Waals surface area contributed by atoms with Gasteiger partial charge in [0.15, 0.2) is 0 Å². The number of aliphatic hydroxyl groups excluding tert-OH is 1. The number of nitrogens with zero attached hydrogens (tertiary/aromatic N) is 2. The Labute approximate surface area is 246 Å². The van der Waals surface area contributed by atoms with Gasteiger partial charge in [0.2, 0.25) is 5.91 Å². The summed E-state index contributed by atoms with van der Waals surface area (Å²) in [6.45, 7) is 5.18. The van der Waals surface area contributed by atoms with Crippen molar-refractivity contribution in [1.82, 2.24) is 9.80 Å². The number of carbonyl (C=O) groups is 3. The molecular weight excluding hydrogens is 540 g/mol. The van der Waals surface area contributed by atoms with Crippen LogP contribution in [0.3, 0.4) is 0 Å². The number of hydrogen-bond acceptors (Lipinski definition) is 5. The zero-order valence-corrected chi connectivity index (χ0v) is 24.4. The molecule has 0 fully saturated rings. The van der Waals surface area contributed by atoms with Crippen LogP contribution in [0.15, 0.2) is 72.8 Å². The molecule has 0 aliphatic rings. The van der Waals surface area contributed by atoms with Gasteiger partial charge >= 0.3 is 0 Å².